The molecule has 2 aliphatic carbocycles. The highest BCUT2D eigenvalue weighted by atomic mass is 19.1. The molecule has 3 aliphatic heterocycles. The normalized spacial score (nSPS) is 28.2. The highest BCUT2D eigenvalue weighted by Crippen LogP contribution is 2.49. The molecule has 0 radical (unpaired) electrons. The van der Waals surface area contributed by atoms with Gasteiger partial charge in [-0.1, -0.05) is 18.4 Å². The minimum Gasteiger partial charge on any atom is -0.508 e. The molecule has 1 N–H and O–H groups in total. The summed E-state index contributed by atoms with van der Waals surface area (Å²) >= 11 is 0. The van der Waals surface area contributed by atoms with E-state index >= 15 is 8.78 Å². The van der Waals surface area contributed by atoms with E-state index in [2.05, 4.69) is 20.7 Å². The molecule has 10 nitrogen and oxygen atoms in total. The summed E-state index contributed by atoms with van der Waals surface area (Å²) in [6, 6.07) is 6.01. The van der Waals surface area contributed by atoms with E-state index in [4.69, 9.17) is 35.3 Å². The summed E-state index contributed by atoms with van der Waals surface area (Å²) in [5, 5.41) is 11.7. The van der Waals surface area contributed by atoms with E-state index in [1.54, 1.807) is 7.11 Å². The number of halogens is 2. The zero-order valence-corrected chi connectivity index (χ0v) is 30.2. The molecule has 0 spiro atoms. The average molecular weight is 726 g/mol. The Labute approximate surface area is 307 Å². The van der Waals surface area contributed by atoms with Crippen molar-refractivity contribution in [3.8, 4) is 41.2 Å². The molecular weight excluding hydrogens is 680 g/mol. The van der Waals surface area contributed by atoms with Crippen LogP contribution in [0.2, 0.25) is 0 Å². The van der Waals surface area contributed by atoms with Gasteiger partial charge in [0, 0.05) is 55.1 Å². The van der Waals surface area contributed by atoms with E-state index < -0.39 is 11.6 Å². The van der Waals surface area contributed by atoms with Crippen LogP contribution in [0, 0.1) is 41.2 Å². The number of hydrogen-bond donors (Lipinski definition) is 1. The molecule has 278 valence electrons. The third-order valence-corrected chi connectivity index (χ3v) is 12.6. The molecule has 5 aliphatic rings. The van der Waals surface area contributed by atoms with Crippen molar-refractivity contribution in [2.24, 2.45) is 17.3 Å². The third kappa shape index (κ3) is 5.92. The number of ether oxygens (including phenoxy) is 4. The minimum atomic E-state index is -0.778. The number of phenolic OH excluding ortho intramolecular Hbond substituents is 1. The molecule has 0 amide bonds. The van der Waals surface area contributed by atoms with Gasteiger partial charge in [-0.2, -0.15) is 9.97 Å². The van der Waals surface area contributed by atoms with E-state index in [9.17, 15) is 5.11 Å². The topological polar surface area (TPSA) is 102 Å². The fourth-order valence-electron chi connectivity index (χ4n) is 10.1. The predicted octanol–water partition coefficient (Wildman–Crippen LogP) is 6.48. The van der Waals surface area contributed by atoms with Crippen molar-refractivity contribution in [3.05, 3.63) is 41.5 Å². The van der Waals surface area contributed by atoms with E-state index in [1.165, 1.54) is 31.4 Å². The van der Waals surface area contributed by atoms with Gasteiger partial charge in [0.1, 0.15) is 34.0 Å². The van der Waals surface area contributed by atoms with Gasteiger partial charge in [-0.25, -0.2) is 13.8 Å². The first-order valence-corrected chi connectivity index (χ1v) is 18.9. The summed E-state index contributed by atoms with van der Waals surface area (Å²) < 4.78 is 56.4. The van der Waals surface area contributed by atoms with Crippen molar-refractivity contribution in [3.63, 3.8) is 0 Å². The van der Waals surface area contributed by atoms with Crippen LogP contribution in [0.5, 0.6) is 17.6 Å². The molecule has 12 heteroatoms. The lowest BCUT2D eigenvalue weighted by molar-refractivity contribution is -0.0457. The second-order valence-corrected chi connectivity index (χ2v) is 15.8. The lowest BCUT2D eigenvalue weighted by atomic mass is 9.74. The van der Waals surface area contributed by atoms with Crippen molar-refractivity contribution < 1.29 is 32.8 Å². The van der Waals surface area contributed by atoms with Gasteiger partial charge in [-0.3, -0.25) is 4.90 Å². The van der Waals surface area contributed by atoms with Crippen LogP contribution in [-0.2, 0) is 9.47 Å². The molecule has 4 atom stereocenters. The number of phenols is 1. The number of hydrogen-bond acceptors (Lipinski definition) is 10. The average Bonchev–Trinajstić information content (AvgIpc) is 3.74. The Morgan fingerprint density at radius 2 is 1.91 bits per heavy atom. The number of benzene rings is 2. The zero-order valence-electron chi connectivity index (χ0n) is 30.2. The molecule has 9 rings (SSSR count). The molecule has 4 unspecified atom stereocenters. The number of methoxy groups -OCH3 is 2. The summed E-state index contributed by atoms with van der Waals surface area (Å²) in [6.45, 7) is 4.50. The van der Waals surface area contributed by atoms with Crippen molar-refractivity contribution >= 4 is 27.5 Å². The van der Waals surface area contributed by atoms with Crippen LogP contribution in [-0.4, -0.2) is 96.8 Å². The highest BCUT2D eigenvalue weighted by molar-refractivity contribution is 6.04. The maximum Gasteiger partial charge on any atom is 0.319 e. The van der Waals surface area contributed by atoms with E-state index in [1.807, 2.05) is 0 Å². The quantitative estimate of drug-likeness (QED) is 0.193. The lowest BCUT2D eigenvalue weighted by Crippen LogP contribution is -2.54. The Morgan fingerprint density at radius 1 is 1.06 bits per heavy atom. The van der Waals surface area contributed by atoms with Crippen LogP contribution < -0.4 is 14.4 Å². The molecule has 4 aromatic rings. The van der Waals surface area contributed by atoms with Crippen molar-refractivity contribution in [1.82, 2.24) is 19.9 Å². The van der Waals surface area contributed by atoms with E-state index in [0.717, 1.165) is 64.5 Å². The number of pyridine rings is 1. The summed E-state index contributed by atoms with van der Waals surface area (Å²) in [4.78, 5) is 19.2. The number of fused-ring (bicyclic) bond motifs is 5. The van der Waals surface area contributed by atoms with Gasteiger partial charge in [0.25, 0.3) is 0 Å². The molecule has 5 heterocycles. The smallest absolute Gasteiger partial charge is 0.319 e. The largest absolute Gasteiger partial charge is 0.508 e. The Kier molecular flexibility index (Phi) is 8.79. The number of aromatic nitrogens is 3. The molecule has 2 saturated carbocycles. The van der Waals surface area contributed by atoms with Gasteiger partial charge in [-0.15, -0.1) is 6.42 Å². The Bertz CT molecular complexity index is 2110. The van der Waals surface area contributed by atoms with Crippen LogP contribution in [0.3, 0.4) is 0 Å². The van der Waals surface area contributed by atoms with Crippen molar-refractivity contribution in [1.29, 1.82) is 0 Å². The number of rotatable bonds is 9. The molecule has 53 heavy (non-hydrogen) atoms. The highest BCUT2D eigenvalue weighted by Gasteiger charge is 2.49. The summed E-state index contributed by atoms with van der Waals surface area (Å²) in [7, 11) is 3.26. The van der Waals surface area contributed by atoms with Crippen molar-refractivity contribution in [2.75, 3.05) is 58.5 Å². The first-order valence-electron chi connectivity index (χ1n) is 18.9. The maximum atomic E-state index is 17.3. The second-order valence-electron chi connectivity index (χ2n) is 15.8. The molecule has 2 aromatic heterocycles. The number of piperidine rings is 2. The number of nitrogens with zero attached hydrogens (tertiary/aromatic N) is 5. The molecule has 5 fully saturated rings. The summed E-state index contributed by atoms with van der Waals surface area (Å²) in [6.07, 6.45) is 14.8. The maximum absolute atomic E-state index is 17.3. The third-order valence-electron chi connectivity index (χ3n) is 12.6. The first-order chi connectivity index (χ1) is 25.8. The zero-order chi connectivity index (χ0) is 36.4. The summed E-state index contributed by atoms with van der Waals surface area (Å²) in [5.41, 5.74) is -0.204. The fourth-order valence-corrected chi connectivity index (χ4v) is 10.1. The number of terminal acetylenes is 1. The van der Waals surface area contributed by atoms with Crippen molar-refractivity contribution in [2.45, 2.75) is 69.6 Å². The van der Waals surface area contributed by atoms with Crippen LogP contribution >= 0.6 is 0 Å². The number of likely N-dealkylation sites (tertiary alicyclic amines) is 1. The fraction of sp³-hybridized carbons (Fsp3) is 0.537. The molecule has 2 aromatic carbocycles. The molecule has 2 bridgehead atoms. The lowest BCUT2D eigenvalue weighted by Gasteiger charge is -2.48. The Hall–Kier alpha value is -4.31. The van der Waals surface area contributed by atoms with Gasteiger partial charge >= 0.3 is 6.01 Å². The van der Waals surface area contributed by atoms with Gasteiger partial charge in [-0.05, 0) is 81.0 Å². The van der Waals surface area contributed by atoms with E-state index in [0.29, 0.717) is 66.9 Å². The second kappa shape index (κ2) is 13.5. The molecule has 3 saturated heterocycles. The standard InChI is InChI=1S/C41H45F2N5O5/c1-4-29-31(42)9-8-25-16-26(49)17-30(33(25)29)36-35(43)37-34(39(44-36)51-3)38(48-19-24-15-28(20-48)52-21-24)46-40(45-37)53-22-41-10-5-7-32(41)47(12-6-11-41)18-23-13-27(14-23)50-2/h1,8-9,16-17,23-24,27-28,32,49H,5-7,10-15,18-22H2,2-3H3. The van der Waals surface area contributed by atoms with Gasteiger partial charge in [0.2, 0.25) is 5.88 Å². The number of anilines is 1. The van der Waals surface area contributed by atoms with Crippen LogP contribution in [0.15, 0.2) is 24.3 Å². The van der Waals surface area contributed by atoms with Gasteiger partial charge < -0.3 is 29.0 Å². The Balaban J connectivity index is 1.14. The minimum absolute atomic E-state index is 0.0307. The van der Waals surface area contributed by atoms with Crippen LogP contribution in [0.4, 0.5) is 14.6 Å². The van der Waals surface area contributed by atoms with E-state index in [-0.39, 0.29) is 56.9 Å². The Morgan fingerprint density at radius 3 is 2.70 bits per heavy atom. The molecular formula is C41H45F2N5O5. The summed E-state index contributed by atoms with van der Waals surface area (Å²) in [5.74, 6) is 2.37. The van der Waals surface area contributed by atoms with Gasteiger partial charge in [0.15, 0.2) is 5.82 Å². The predicted molar refractivity (Wildman–Crippen MR) is 196 cm³/mol. The SMILES string of the molecule is C#Cc1c(F)ccc2cc(O)cc(-c3nc(OC)c4c(N5CC6COC(C6)C5)nc(OCC56CCCC5N(CC5CC(OC)C5)CCC6)nc4c3F)c12. The number of aromatic hydroxyl groups is 1. The van der Waals surface area contributed by atoms with Crippen LogP contribution in [0.25, 0.3) is 32.9 Å². The monoisotopic (exact) mass is 725 g/mol. The van der Waals surface area contributed by atoms with Crippen LogP contribution in [0.1, 0.15) is 56.9 Å². The van der Waals surface area contributed by atoms with Gasteiger partial charge in [0.05, 0.1) is 38.1 Å². The first kappa shape index (κ1) is 34.5.